The number of rotatable bonds is 3. The molecule has 1 aromatic carbocycles. The van der Waals surface area contributed by atoms with Crippen LogP contribution in [0.2, 0.25) is 0 Å². The molecule has 0 heterocycles. The molecule has 0 radical (unpaired) electrons. The predicted octanol–water partition coefficient (Wildman–Crippen LogP) is 3.48. The molecular weight excluding hydrogens is 250 g/mol. The average molecular weight is 268 g/mol. The van der Waals surface area contributed by atoms with E-state index in [9.17, 15) is 0 Å². The summed E-state index contributed by atoms with van der Waals surface area (Å²) in [6.45, 7) is 1.12. The minimum atomic E-state index is 0.763. The molecule has 1 nitrogen and oxygen atoms in total. The monoisotopic (exact) mass is 267 g/mol. The van der Waals surface area contributed by atoms with Gasteiger partial charge in [-0.15, -0.1) is 0 Å². The molecule has 0 fully saturated rings. The van der Waals surface area contributed by atoms with Crippen molar-refractivity contribution in [3.63, 3.8) is 0 Å². The summed E-state index contributed by atoms with van der Waals surface area (Å²) >= 11 is 3.57. The van der Waals surface area contributed by atoms with Crippen molar-refractivity contribution >= 4 is 15.9 Å². The Balaban J connectivity index is 2.20. The van der Waals surface area contributed by atoms with Gasteiger partial charge in [-0.1, -0.05) is 22.0 Å². The van der Waals surface area contributed by atoms with Crippen molar-refractivity contribution < 1.29 is 0 Å². The zero-order valence-electron chi connectivity index (χ0n) is 9.22. The maximum Gasteiger partial charge on any atom is 0.0178 e. The van der Waals surface area contributed by atoms with E-state index in [0.717, 1.165) is 12.5 Å². The lowest BCUT2D eigenvalue weighted by molar-refractivity contribution is 0.509. The molecule has 1 atom stereocenters. The predicted molar refractivity (Wildman–Crippen MR) is 68.4 cm³/mol. The molecule has 0 aliphatic heterocycles. The second-order valence-corrected chi connectivity index (χ2v) is 5.24. The molecule has 0 amide bonds. The first-order chi connectivity index (χ1) is 7.31. The maximum absolute atomic E-state index is 3.57. The van der Waals surface area contributed by atoms with Gasteiger partial charge in [-0.25, -0.2) is 0 Å². The standard InChI is InChI=1S/C13H18BrN/c1-15-8-7-11-4-2-3-10-5-6-12(14)9-13(10)11/h5-6,9,11,15H,2-4,7-8H2,1H3. The average Bonchev–Trinajstić information content (AvgIpc) is 2.26. The molecule has 0 saturated carbocycles. The number of halogens is 1. The highest BCUT2D eigenvalue weighted by molar-refractivity contribution is 9.10. The molecule has 82 valence electrons. The first-order valence-electron chi connectivity index (χ1n) is 5.74. The fourth-order valence-electron chi connectivity index (χ4n) is 2.49. The normalized spacial score (nSPS) is 20.0. The number of hydrogen-bond acceptors (Lipinski definition) is 1. The first kappa shape index (κ1) is 11.2. The summed E-state index contributed by atoms with van der Waals surface area (Å²) in [6.07, 6.45) is 5.23. The van der Waals surface area contributed by atoms with E-state index in [2.05, 4.69) is 39.4 Å². The summed E-state index contributed by atoms with van der Waals surface area (Å²) in [5.74, 6) is 0.763. The SMILES string of the molecule is CNCCC1CCCc2ccc(Br)cc21. The van der Waals surface area contributed by atoms with Crippen LogP contribution in [-0.2, 0) is 6.42 Å². The van der Waals surface area contributed by atoms with Gasteiger partial charge in [0, 0.05) is 4.47 Å². The quantitative estimate of drug-likeness (QED) is 0.885. The van der Waals surface area contributed by atoms with E-state index >= 15 is 0 Å². The molecule has 0 bridgehead atoms. The van der Waals surface area contributed by atoms with Gasteiger partial charge < -0.3 is 5.32 Å². The molecule has 2 heteroatoms. The van der Waals surface area contributed by atoms with Crippen LogP contribution in [0.25, 0.3) is 0 Å². The van der Waals surface area contributed by atoms with Gasteiger partial charge >= 0.3 is 0 Å². The first-order valence-corrected chi connectivity index (χ1v) is 6.53. The number of nitrogens with one attached hydrogen (secondary N) is 1. The van der Waals surface area contributed by atoms with Crippen molar-refractivity contribution in [3.05, 3.63) is 33.8 Å². The number of hydrogen-bond donors (Lipinski definition) is 1. The molecule has 15 heavy (non-hydrogen) atoms. The van der Waals surface area contributed by atoms with E-state index < -0.39 is 0 Å². The lowest BCUT2D eigenvalue weighted by atomic mass is 9.81. The Hall–Kier alpha value is -0.340. The molecule has 1 unspecified atom stereocenters. The lowest BCUT2D eigenvalue weighted by Crippen LogP contribution is -2.16. The van der Waals surface area contributed by atoms with Gasteiger partial charge in [0.25, 0.3) is 0 Å². The van der Waals surface area contributed by atoms with Crippen LogP contribution in [0.1, 0.15) is 36.3 Å². The van der Waals surface area contributed by atoms with E-state index in [4.69, 9.17) is 0 Å². The fourth-order valence-corrected chi connectivity index (χ4v) is 2.87. The highest BCUT2D eigenvalue weighted by Gasteiger charge is 2.19. The topological polar surface area (TPSA) is 12.0 Å². The third-order valence-corrected chi connectivity index (χ3v) is 3.78. The van der Waals surface area contributed by atoms with Crippen LogP contribution in [0.4, 0.5) is 0 Å². The second-order valence-electron chi connectivity index (χ2n) is 4.32. The summed E-state index contributed by atoms with van der Waals surface area (Å²) in [4.78, 5) is 0. The van der Waals surface area contributed by atoms with Crippen LogP contribution in [0.5, 0.6) is 0 Å². The zero-order chi connectivity index (χ0) is 10.7. The Morgan fingerprint density at radius 3 is 3.13 bits per heavy atom. The van der Waals surface area contributed by atoms with E-state index in [1.807, 2.05) is 7.05 Å². The molecule has 1 aromatic rings. The van der Waals surface area contributed by atoms with Crippen molar-refractivity contribution in [3.8, 4) is 0 Å². The summed E-state index contributed by atoms with van der Waals surface area (Å²) in [5, 5.41) is 3.25. The van der Waals surface area contributed by atoms with Crippen LogP contribution < -0.4 is 5.32 Å². The molecule has 1 aliphatic carbocycles. The summed E-state index contributed by atoms with van der Waals surface area (Å²) in [5.41, 5.74) is 3.14. The van der Waals surface area contributed by atoms with Crippen LogP contribution >= 0.6 is 15.9 Å². The summed E-state index contributed by atoms with van der Waals surface area (Å²) in [7, 11) is 2.03. The van der Waals surface area contributed by atoms with Gasteiger partial charge in [-0.3, -0.25) is 0 Å². The van der Waals surface area contributed by atoms with Crippen LogP contribution in [0.15, 0.2) is 22.7 Å². The minimum Gasteiger partial charge on any atom is -0.320 e. The van der Waals surface area contributed by atoms with E-state index in [1.54, 1.807) is 11.1 Å². The molecule has 1 aliphatic rings. The Kier molecular flexibility index (Phi) is 3.81. The zero-order valence-corrected chi connectivity index (χ0v) is 10.8. The van der Waals surface area contributed by atoms with Crippen LogP contribution in [0, 0.1) is 0 Å². The highest BCUT2D eigenvalue weighted by atomic mass is 79.9. The van der Waals surface area contributed by atoms with Crippen molar-refractivity contribution in [1.82, 2.24) is 5.32 Å². The Morgan fingerprint density at radius 1 is 1.47 bits per heavy atom. The van der Waals surface area contributed by atoms with Crippen molar-refractivity contribution in [2.75, 3.05) is 13.6 Å². The molecular formula is C13H18BrN. The lowest BCUT2D eigenvalue weighted by Gasteiger charge is -2.25. The number of fused-ring (bicyclic) bond motifs is 1. The number of benzene rings is 1. The van der Waals surface area contributed by atoms with Crippen LogP contribution in [0.3, 0.4) is 0 Å². The Bertz CT molecular complexity index is 335. The summed E-state index contributed by atoms with van der Waals surface area (Å²) < 4.78 is 1.22. The minimum absolute atomic E-state index is 0.763. The third kappa shape index (κ3) is 2.61. The molecule has 2 rings (SSSR count). The van der Waals surface area contributed by atoms with Crippen molar-refractivity contribution in [2.45, 2.75) is 31.6 Å². The largest absolute Gasteiger partial charge is 0.320 e. The van der Waals surface area contributed by atoms with Gasteiger partial charge in [-0.2, -0.15) is 0 Å². The number of aryl methyl sites for hydroxylation is 1. The molecule has 1 N–H and O–H groups in total. The van der Waals surface area contributed by atoms with Gasteiger partial charge in [0.1, 0.15) is 0 Å². The third-order valence-electron chi connectivity index (χ3n) is 3.29. The molecule has 0 spiro atoms. The fraction of sp³-hybridized carbons (Fsp3) is 0.538. The van der Waals surface area contributed by atoms with Gasteiger partial charge in [-0.05, 0) is 68.5 Å². The highest BCUT2D eigenvalue weighted by Crippen LogP contribution is 2.35. The Labute approximate surface area is 100 Å². The van der Waals surface area contributed by atoms with Crippen LogP contribution in [-0.4, -0.2) is 13.6 Å². The van der Waals surface area contributed by atoms with Crippen molar-refractivity contribution in [1.29, 1.82) is 0 Å². The molecule has 0 saturated heterocycles. The maximum atomic E-state index is 3.57. The summed E-state index contributed by atoms with van der Waals surface area (Å²) in [6, 6.07) is 6.76. The van der Waals surface area contributed by atoms with Gasteiger partial charge in [0.05, 0.1) is 0 Å². The van der Waals surface area contributed by atoms with E-state index in [0.29, 0.717) is 0 Å². The molecule has 0 aromatic heterocycles. The van der Waals surface area contributed by atoms with Crippen molar-refractivity contribution in [2.24, 2.45) is 0 Å². The van der Waals surface area contributed by atoms with Gasteiger partial charge in [0.15, 0.2) is 0 Å². The smallest absolute Gasteiger partial charge is 0.0178 e. The van der Waals surface area contributed by atoms with E-state index in [1.165, 1.54) is 30.2 Å². The van der Waals surface area contributed by atoms with E-state index in [-0.39, 0.29) is 0 Å². The second kappa shape index (κ2) is 5.13. The van der Waals surface area contributed by atoms with Gasteiger partial charge in [0.2, 0.25) is 0 Å². The Morgan fingerprint density at radius 2 is 2.33 bits per heavy atom.